The van der Waals surface area contributed by atoms with Gasteiger partial charge < -0.3 is 90.0 Å². The van der Waals surface area contributed by atoms with E-state index in [1.165, 1.54) is 84.0 Å². The molecule has 4 fully saturated rings. The Morgan fingerprint density at radius 3 is 1.66 bits per heavy atom. The van der Waals surface area contributed by atoms with E-state index < -0.39 is 246 Å². The summed E-state index contributed by atoms with van der Waals surface area (Å²) < 4.78 is 22.2. The summed E-state index contributed by atoms with van der Waals surface area (Å²) in [5, 5.41) is 37.7. The number of aliphatic hydroxyl groups excluding tert-OH is 1. The van der Waals surface area contributed by atoms with Crippen molar-refractivity contribution in [1.82, 2.24) is 60.9 Å². The van der Waals surface area contributed by atoms with Gasteiger partial charge in [0.05, 0.1) is 19.1 Å². The summed E-state index contributed by atoms with van der Waals surface area (Å²) in [5.41, 5.74) is -2.70. The number of rotatable bonds is 27. The van der Waals surface area contributed by atoms with Gasteiger partial charge in [0.1, 0.15) is 78.2 Å². The van der Waals surface area contributed by atoms with Gasteiger partial charge in [-0.15, -0.1) is 0 Å². The molecule has 20 atom stereocenters. The van der Waals surface area contributed by atoms with Gasteiger partial charge in [-0.3, -0.25) is 71.9 Å². The van der Waals surface area contributed by atoms with Crippen molar-refractivity contribution in [3.8, 4) is 0 Å². The first kappa shape index (κ1) is 110. The predicted molar refractivity (Wildman–Crippen MR) is 480 cm³/mol. The number of likely N-dealkylation sites (N-methyl/N-ethyl adjacent to an activating group) is 7. The van der Waals surface area contributed by atoms with Gasteiger partial charge in [-0.25, -0.2) is 9.59 Å². The lowest BCUT2D eigenvalue weighted by Gasteiger charge is -2.59. The van der Waals surface area contributed by atoms with E-state index in [0.717, 1.165) is 25.2 Å². The summed E-state index contributed by atoms with van der Waals surface area (Å²) in [6, 6.07) is -15.2. The Balaban J connectivity index is 1.49. The molecule has 726 valence electrons. The van der Waals surface area contributed by atoms with Crippen LogP contribution in [0.5, 0.6) is 0 Å². The Hall–Kier alpha value is -9.67. The molecule has 4 aliphatic carbocycles. The highest BCUT2D eigenvalue weighted by Crippen LogP contribution is 2.67. The van der Waals surface area contributed by atoms with Crippen molar-refractivity contribution >= 4 is 101 Å². The zero-order valence-corrected chi connectivity index (χ0v) is 81.7. The third-order valence-electron chi connectivity index (χ3n) is 26.9. The van der Waals surface area contributed by atoms with Crippen molar-refractivity contribution in [3.05, 3.63) is 36.0 Å². The molecule has 35 heteroatoms. The van der Waals surface area contributed by atoms with Crippen LogP contribution in [0.15, 0.2) is 36.0 Å². The number of carbonyl (C=O) groups is 17. The Labute approximate surface area is 762 Å². The molecule has 1 heterocycles. The zero-order valence-electron chi connectivity index (χ0n) is 81.7. The Kier molecular flexibility index (Phi) is 40.4. The van der Waals surface area contributed by atoms with E-state index in [0.29, 0.717) is 19.3 Å². The molecular weight excluding hydrogens is 1670 g/mol. The van der Waals surface area contributed by atoms with Crippen LogP contribution in [0.2, 0.25) is 0 Å². The number of nitrogens with one attached hydrogen (secondary N) is 5. The number of amides is 12. The van der Waals surface area contributed by atoms with Gasteiger partial charge in [0.25, 0.3) is 0 Å². The minimum atomic E-state index is -1.97. The maximum absolute atomic E-state index is 15.9. The molecule has 5 rings (SSSR count). The summed E-state index contributed by atoms with van der Waals surface area (Å²) in [6.07, 6.45) is 4.97. The summed E-state index contributed by atoms with van der Waals surface area (Å²) in [6.45, 7) is 33.2. The average molecular weight is 1820 g/mol. The van der Waals surface area contributed by atoms with Gasteiger partial charge in [-0.2, -0.15) is 0 Å². The standard InChI is InChI=1S/C94H152N12O23/c1-29-31-32-57(17)79(129-91(124)128-49-127-73(112)36-35-71(110)98-76(55(13)14)90(123)126-48-70(109)94(125)40-38-63-62-34-33-60-45-61(107)37-39-92(60,20)74(62)69(108)46-93(63,94)21)78-83(116)97-64(30-2)85(118)100(22)47-72(111)101(23)65(41-50(3)4)82(115)99-75(54(11)12)88(121)102(24)66(42-51(5)6)81(114)95-58(18)80(113)96-59(19)84(117)103(25)67(43-52(7)8)86(119)104(26)68(44-53(9)10)87(120)105(27)77(56(15)16)89(122)106(78)28/h29,31,37,39,45,50-59,62-69,74-79,108,125H,30,32-36,38,40-44,46-49H2,1-28H3,(H,95,114)(H,96,113)(H,97,116)(H,98,110)(H,99,115)/b31-29+/t57?,58?,59?,62?,63-,64-,65+,66-,67?,68-,69+,74?,75?,76?,77?,78-,79?,92+,93+,94+/m1/s1. The molecule has 7 N–H and O–H groups in total. The van der Waals surface area contributed by atoms with Crippen LogP contribution in [0.4, 0.5) is 4.79 Å². The topological polar surface area (TPSA) is 450 Å². The van der Waals surface area contributed by atoms with Crippen LogP contribution in [0.1, 0.15) is 229 Å². The largest absolute Gasteiger partial charge is 0.511 e. The Morgan fingerprint density at radius 2 is 1.12 bits per heavy atom. The van der Waals surface area contributed by atoms with Gasteiger partial charge >= 0.3 is 18.1 Å². The fraction of sp³-hybridized carbons (Fsp3) is 0.755. The number of esters is 2. The number of nitrogens with zero attached hydrogens (tertiary/aromatic N) is 7. The number of allylic oxidation sites excluding steroid dienone is 6. The van der Waals surface area contributed by atoms with Crippen molar-refractivity contribution < 1.29 is 111 Å². The molecule has 129 heavy (non-hydrogen) atoms. The van der Waals surface area contributed by atoms with Gasteiger partial charge in [-0.05, 0) is 163 Å². The Morgan fingerprint density at radius 1 is 0.589 bits per heavy atom. The molecule has 10 unspecified atom stereocenters. The number of carbonyl (C=O) groups excluding carboxylic acids is 17. The van der Waals surface area contributed by atoms with Crippen LogP contribution in [0.3, 0.4) is 0 Å². The summed E-state index contributed by atoms with van der Waals surface area (Å²) >= 11 is 0. The molecule has 0 aromatic heterocycles. The van der Waals surface area contributed by atoms with Crippen molar-refractivity contribution in [1.29, 1.82) is 0 Å². The molecular formula is C94H152N12O23. The normalized spacial score (nSPS) is 29.6. The van der Waals surface area contributed by atoms with Crippen molar-refractivity contribution in [2.45, 2.75) is 313 Å². The molecule has 0 aromatic rings. The van der Waals surface area contributed by atoms with E-state index in [1.54, 1.807) is 87.5 Å². The minimum absolute atomic E-state index is 0.0205. The van der Waals surface area contributed by atoms with Crippen LogP contribution in [-0.4, -0.2) is 299 Å². The zero-order chi connectivity index (χ0) is 98.0. The van der Waals surface area contributed by atoms with Gasteiger partial charge in [0.2, 0.25) is 83.5 Å². The molecule has 0 aromatic carbocycles. The molecule has 0 bridgehead atoms. The molecule has 0 spiro atoms. The fourth-order valence-electron chi connectivity index (χ4n) is 19.3. The first-order valence-electron chi connectivity index (χ1n) is 45.9. The lowest BCUT2D eigenvalue weighted by Crippen LogP contribution is -2.64. The van der Waals surface area contributed by atoms with Gasteiger partial charge in [-0.1, -0.05) is 148 Å². The van der Waals surface area contributed by atoms with E-state index in [9.17, 15) is 72.5 Å². The SMILES string of the molecule is C/C=C/CC(C)C(OC(=O)OCOC(=O)CCC(=O)NC(C(=O)OCC(=O)[C@@]1(O)CC[C@@H]2C3CCC4=CC(=O)C=C[C@]4(C)C3[C@@H](O)C[C@@]21C)C(C)C)[C@@H]1C(=O)N[C@H](CC)C(=O)N(C)CC(=O)N(C)[C@@H](CC(C)C)C(=O)NC(C(C)C)C(=O)N(C)[C@H](CC(C)C)C(=O)NC(C)C(=O)NC(C)C(=O)N(C)C(CC(C)C)C(=O)N(C)[C@H](CC(C)C)C(=O)N(C)C(C(C)C)C(=O)N1C. The van der Waals surface area contributed by atoms with E-state index in [1.807, 2.05) is 68.4 Å². The smallest absolute Gasteiger partial charge is 0.456 e. The Bertz CT molecular complexity index is 4140. The number of hydrogen-bond acceptors (Lipinski definition) is 23. The predicted octanol–water partition coefficient (Wildman–Crippen LogP) is 5.97. The number of aliphatic hydroxyl groups is 2. The molecule has 0 radical (unpaired) electrons. The molecule has 3 saturated carbocycles. The highest BCUT2D eigenvalue weighted by molar-refractivity contribution is 6.02. The van der Waals surface area contributed by atoms with Crippen LogP contribution in [0.25, 0.3) is 0 Å². The maximum atomic E-state index is 15.9. The number of ketones is 2. The lowest BCUT2D eigenvalue weighted by atomic mass is 9.46. The van der Waals surface area contributed by atoms with Crippen molar-refractivity contribution in [2.75, 3.05) is 69.3 Å². The molecule has 1 aliphatic heterocycles. The highest BCUT2D eigenvalue weighted by Gasteiger charge is 2.68. The third-order valence-corrected chi connectivity index (χ3v) is 26.9. The quantitative estimate of drug-likeness (QED) is 0.0215. The summed E-state index contributed by atoms with van der Waals surface area (Å²) in [4.78, 5) is 254. The van der Waals surface area contributed by atoms with E-state index in [4.69, 9.17) is 18.9 Å². The maximum Gasteiger partial charge on any atom is 0.511 e. The monoisotopic (exact) mass is 1820 g/mol. The van der Waals surface area contributed by atoms with Crippen LogP contribution < -0.4 is 26.6 Å². The van der Waals surface area contributed by atoms with Crippen LogP contribution in [-0.2, 0) is 95.7 Å². The number of Topliss-reactive ketones (excluding diaryl/α,β-unsaturated/α-hetero) is 1. The second-order valence-electron chi connectivity index (χ2n) is 39.6. The average Bonchev–Trinajstić information content (AvgIpc) is 1.58. The molecule has 35 nitrogen and oxygen atoms in total. The second kappa shape index (κ2) is 47.4. The number of hydrogen-bond donors (Lipinski definition) is 7. The third kappa shape index (κ3) is 27.0. The first-order chi connectivity index (χ1) is 59.9. The molecule has 1 saturated heterocycles. The number of ether oxygens (including phenoxy) is 4. The van der Waals surface area contributed by atoms with Crippen LogP contribution in [0, 0.1) is 75.9 Å². The summed E-state index contributed by atoms with van der Waals surface area (Å²) in [7, 11) is 9.42. The van der Waals surface area contributed by atoms with Crippen LogP contribution >= 0.6 is 0 Å². The fourth-order valence-corrected chi connectivity index (χ4v) is 19.3. The molecule has 12 amide bonds. The summed E-state index contributed by atoms with van der Waals surface area (Å²) in [5.74, 6) is -16.8. The van der Waals surface area contributed by atoms with E-state index in [2.05, 4.69) is 26.6 Å². The van der Waals surface area contributed by atoms with Crippen molar-refractivity contribution in [2.24, 2.45) is 75.9 Å². The highest BCUT2D eigenvalue weighted by atomic mass is 16.8. The van der Waals surface area contributed by atoms with Gasteiger partial charge in [0.15, 0.2) is 12.4 Å². The van der Waals surface area contributed by atoms with E-state index in [-0.39, 0.29) is 98.6 Å². The van der Waals surface area contributed by atoms with E-state index >= 15 is 19.2 Å². The first-order valence-corrected chi connectivity index (χ1v) is 45.9. The lowest BCUT2D eigenvalue weighted by molar-refractivity contribution is -0.181. The number of fused-ring (bicyclic) bond motifs is 5. The minimum Gasteiger partial charge on any atom is -0.456 e. The van der Waals surface area contributed by atoms with Gasteiger partial charge in [0, 0.05) is 72.5 Å². The van der Waals surface area contributed by atoms with Crippen molar-refractivity contribution in [3.63, 3.8) is 0 Å². The molecule has 5 aliphatic rings. The second-order valence-corrected chi connectivity index (χ2v) is 39.6.